The van der Waals surface area contributed by atoms with Gasteiger partial charge in [0.25, 0.3) is 17.4 Å². The first-order valence-electron chi connectivity index (χ1n) is 10.9. The fraction of sp³-hybridized carbons (Fsp3) is 0.375. The molecule has 1 atom stereocenters. The molecule has 0 radical (unpaired) electrons. The summed E-state index contributed by atoms with van der Waals surface area (Å²) in [6.45, 7) is 4.04. The number of aliphatic hydroxyl groups excluding tert-OH is 1. The molecule has 0 spiro atoms. The van der Waals surface area contributed by atoms with Gasteiger partial charge in [0.2, 0.25) is 0 Å². The Morgan fingerprint density at radius 3 is 2.57 bits per heavy atom. The van der Waals surface area contributed by atoms with Crippen LogP contribution in [0.1, 0.15) is 45.3 Å². The number of hydrogen-bond acceptors (Lipinski definition) is 8. The predicted octanol–water partition coefficient (Wildman–Crippen LogP) is 2.70. The van der Waals surface area contributed by atoms with E-state index >= 15 is 0 Å². The molecule has 3 rings (SSSR count). The Balaban J connectivity index is 2.22. The lowest BCUT2D eigenvalue weighted by atomic mass is 9.93. The molecule has 1 aliphatic heterocycles. The lowest BCUT2D eigenvalue weighted by Crippen LogP contribution is -2.32. The Hall–Kier alpha value is -3.99. The van der Waals surface area contributed by atoms with Crippen LogP contribution >= 0.6 is 0 Å². The molecule has 1 aromatic carbocycles. The zero-order chi connectivity index (χ0) is 26.0. The van der Waals surface area contributed by atoms with Crippen molar-refractivity contribution in [2.45, 2.75) is 26.3 Å². The van der Waals surface area contributed by atoms with Crippen molar-refractivity contribution < 1.29 is 29.2 Å². The number of nitrogens with zero attached hydrogens (tertiary/aromatic N) is 3. The van der Waals surface area contributed by atoms with E-state index in [1.807, 2.05) is 19.0 Å². The fourth-order valence-corrected chi connectivity index (χ4v) is 4.37. The van der Waals surface area contributed by atoms with Crippen LogP contribution in [-0.2, 0) is 14.3 Å². The van der Waals surface area contributed by atoms with Gasteiger partial charge < -0.3 is 24.6 Å². The Kier molecular flexibility index (Phi) is 7.39. The van der Waals surface area contributed by atoms with E-state index in [0.29, 0.717) is 29.8 Å². The number of ether oxygens (including phenoxy) is 1. The molecule has 0 aliphatic carbocycles. The second kappa shape index (κ2) is 10.1. The van der Waals surface area contributed by atoms with Crippen LogP contribution in [0, 0.1) is 24.0 Å². The second-order valence-corrected chi connectivity index (χ2v) is 8.62. The van der Waals surface area contributed by atoms with E-state index in [9.17, 15) is 29.6 Å². The average Bonchev–Trinajstić information content (AvgIpc) is 3.25. The van der Waals surface area contributed by atoms with E-state index < -0.39 is 34.4 Å². The molecule has 1 unspecified atom stereocenters. The maximum Gasteiger partial charge on any atom is 0.354 e. The van der Waals surface area contributed by atoms with Crippen molar-refractivity contribution in [3.05, 3.63) is 68.0 Å². The Bertz CT molecular complexity index is 1230. The number of aromatic nitrogens is 1. The summed E-state index contributed by atoms with van der Waals surface area (Å²) in [5.74, 6) is -2.82. The highest BCUT2D eigenvalue weighted by molar-refractivity contribution is 6.46. The number of likely N-dealkylation sites (tertiary alicyclic amines) is 1. The Morgan fingerprint density at radius 2 is 1.97 bits per heavy atom. The molecular formula is C24H28N4O7. The van der Waals surface area contributed by atoms with E-state index in [0.717, 1.165) is 0 Å². The van der Waals surface area contributed by atoms with E-state index in [-0.39, 0.29) is 29.1 Å². The number of methoxy groups -OCH3 is 1. The summed E-state index contributed by atoms with van der Waals surface area (Å²) in [6, 6.07) is 4.61. The standard InChI is InChI=1S/C24H28N4O7/c1-13-17(14(2)25-19(13)24(32)35-5)21(29)18-20(15-8-6-9-16(12-15)28(33)34)27(23(31)22(18)30)11-7-10-26(3)4/h6,8-9,12,20,25,29H,7,10-11H2,1-5H3/b21-18-. The van der Waals surface area contributed by atoms with Gasteiger partial charge in [0.15, 0.2) is 0 Å². The van der Waals surface area contributed by atoms with Crippen molar-refractivity contribution in [3.63, 3.8) is 0 Å². The monoisotopic (exact) mass is 484 g/mol. The molecule has 11 heteroatoms. The lowest BCUT2D eigenvalue weighted by molar-refractivity contribution is -0.384. The minimum Gasteiger partial charge on any atom is -0.507 e. The molecule has 2 aromatic rings. The number of esters is 1. The van der Waals surface area contributed by atoms with Gasteiger partial charge >= 0.3 is 5.97 Å². The van der Waals surface area contributed by atoms with Gasteiger partial charge in [-0.05, 0) is 52.0 Å². The number of aryl methyl sites for hydroxylation is 1. The van der Waals surface area contributed by atoms with Crippen LogP contribution in [0.25, 0.3) is 5.76 Å². The van der Waals surface area contributed by atoms with Crippen LogP contribution in [-0.4, -0.2) is 76.8 Å². The number of aliphatic hydroxyl groups is 1. The number of nitro groups is 1. The number of amides is 1. The summed E-state index contributed by atoms with van der Waals surface area (Å²) < 4.78 is 4.77. The number of carbonyl (C=O) groups excluding carboxylic acids is 3. The molecule has 1 fully saturated rings. The van der Waals surface area contributed by atoms with Crippen molar-refractivity contribution in [1.82, 2.24) is 14.8 Å². The fourth-order valence-electron chi connectivity index (χ4n) is 4.37. The van der Waals surface area contributed by atoms with Gasteiger partial charge in [-0.2, -0.15) is 0 Å². The number of rotatable bonds is 8. The largest absolute Gasteiger partial charge is 0.507 e. The van der Waals surface area contributed by atoms with Crippen LogP contribution in [0.3, 0.4) is 0 Å². The number of Topliss-reactive ketones (excluding diaryl/α,β-unsaturated/α-hetero) is 1. The first-order chi connectivity index (χ1) is 16.5. The molecule has 0 saturated carbocycles. The van der Waals surface area contributed by atoms with Crippen LogP contribution in [0.2, 0.25) is 0 Å². The first-order valence-corrected chi connectivity index (χ1v) is 10.9. The minimum absolute atomic E-state index is 0.110. The first kappa shape index (κ1) is 25.6. The predicted molar refractivity (Wildman–Crippen MR) is 127 cm³/mol. The molecule has 11 nitrogen and oxygen atoms in total. The van der Waals surface area contributed by atoms with Gasteiger partial charge in [-0.3, -0.25) is 19.7 Å². The SMILES string of the molecule is COC(=O)c1[nH]c(C)c(/C(O)=C2/C(=O)C(=O)N(CCCN(C)C)C2c2cccc([N+](=O)[O-])c2)c1C. The number of nitro benzene ring substituents is 1. The number of carbonyl (C=O) groups is 3. The number of non-ortho nitro benzene ring substituents is 1. The van der Waals surface area contributed by atoms with Gasteiger partial charge in [0.05, 0.1) is 23.6 Å². The molecule has 186 valence electrons. The van der Waals surface area contributed by atoms with Crippen molar-refractivity contribution in [2.75, 3.05) is 34.3 Å². The zero-order valence-corrected chi connectivity index (χ0v) is 20.2. The zero-order valence-electron chi connectivity index (χ0n) is 20.2. The van der Waals surface area contributed by atoms with Crippen molar-refractivity contribution in [2.24, 2.45) is 0 Å². The van der Waals surface area contributed by atoms with Crippen LogP contribution in [0.15, 0.2) is 29.8 Å². The van der Waals surface area contributed by atoms with Crippen molar-refractivity contribution in [1.29, 1.82) is 0 Å². The number of nitrogens with one attached hydrogen (secondary N) is 1. The van der Waals surface area contributed by atoms with E-state index in [1.165, 1.54) is 30.2 Å². The molecule has 35 heavy (non-hydrogen) atoms. The summed E-state index contributed by atoms with van der Waals surface area (Å²) in [7, 11) is 4.98. The van der Waals surface area contributed by atoms with E-state index in [2.05, 4.69) is 4.98 Å². The molecule has 0 bridgehead atoms. The highest BCUT2D eigenvalue weighted by atomic mass is 16.6. The number of ketones is 1. The van der Waals surface area contributed by atoms with Crippen LogP contribution in [0.4, 0.5) is 5.69 Å². The maximum absolute atomic E-state index is 13.2. The molecular weight excluding hydrogens is 456 g/mol. The molecule has 2 N–H and O–H groups in total. The maximum atomic E-state index is 13.2. The third-order valence-electron chi connectivity index (χ3n) is 6.00. The number of benzene rings is 1. The second-order valence-electron chi connectivity index (χ2n) is 8.62. The minimum atomic E-state index is -1.03. The Labute approximate surface area is 202 Å². The average molecular weight is 485 g/mol. The normalized spacial score (nSPS) is 17.3. The Morgan fingerprint density at radius 1 is 1.29 bits per heavy atom. The highest BCUT2D eigenvalue weighted by Gasteiger charge is 2.46. The third-order valence-corrected chi connectivity index (χ3v) is 6.00. The van der Waals surface area contributed by atoms with E-state index in [1.54, 1.807) is 19.9 Å². The summed E-state index contributed by atoms with van der Waals surface area (Å²) >= 11 is 0. The summed E-state index contributed by atoms with van der Waals surface area (Å²) in [5, 5.41) is 22.7. The quantitative estimate of drug-likeness (QED) is 0.145. The van der Waals surface area contributed by atoms with Gasteiger partial charge in [0.1, 0.15) is 11.5 Å². The third kappa shape index (κ3) is 4.80. The van der Waals surface area contributed by atoms with Gasteiger partial charge in [0, 0.05) is 29.9 Å². The van der Waals surface area contributed by atoms with E-state index in [4.69, 9.17) is 4.74 Å². The number of aromatic amines is 1. The van der Waals surface area contributed by atoms with Gasteiger partial charge in [-0.25, -0.2) is 4.79 Å². The number of H-pyrrole nitrogens is 1. The molecule has 1 amide bonds. The van der Waals surface area contributed by atoms with Crippen LogP contribution in [0.5, 0.6) is 0 Å². The lowest BCUT2D eigenvalue weighted by Gasteiger charge is -2.26. The van der Waals surface area contributed by atoms with Crippen molar-refractivity contribution >= 4 is 29.1 Å². The summed E-state index contributed by atoms with van der Waals surface area (Å²) in [5.41, 5.74) is 0.986. The molecule has 2 heterocycles. The topological polar surface area (TPSA) is 146 Å². The van der Waals surface area contributed by atoms with Crippen LogP contribution < -0.4 is 0 Å². The molecule has 1 saturated heterocycles. The molecule has 1 aromatic heterocycles. The van der Waals surface area contributed by atoms with Crippen molar-refractivity contribution in [3.8, 4) is 0 Å². The van der Waals surface area contributed by atoms with Gasteiger partial charge in [-0.15, -0.1) is 0 Å². The molecule has 1 aliphatic rings. The van der Waals surface area contributed by atoms with Gasteiger partial charge in [-0.1, -0.05) is 12.1 Å². The highest BCUT2D eigenvalue weighted by Crippen LogP contribution is 2.41. The summed E-state index contributed by atoms with van der Waals surface area (Å²) in [6.07, 6.45) is 0.542. The smallest absolute Gasteiger partial charge is 0.354 e. The summed E-state index contributed by atoms with van der Waals surface area (Å²) in [4.78, 5) is 55.3. The number of hydrogen-bond donors (Lipinski definition) is 2.